The summed E-state index contributed by atoms with van der Waals surface area (Å²) in [4.78, 5) is 14.9. The Hall–Kier alpha value is -1.78. The Labute approximate surface area is 106 Å². The van der Waals surface area contributed by atoms with Gasteiger partial charge in [0.1, 0.15) is 5.82 Å². The van der Waals surface area contributed by atoms with Gasteiger partial charge in [0.15, 0.2) is 5.69 Å². The van der Waals surface area contributed by atoms with Crippen LogP contribution in [-0.4, -0.2) is 22.6 Å². The molecule has 0 unspecified atom stereocenters. The fourth-order valence-electron chi connectivity index (χ4n) is 2.33. The van der Waals surface area contributed by atoms with Crippen molar-refractivity contribution < 1.29 is 9.90 Å². The van der Waals surface area contributed by atoms with Gasteiger partial charge in [0.25, 0.3) is 0 Å². The average Bonchev–Trinajstić information content (AvgIpc) is 2.30. The maximum absolute atomic E-state index is 10.9. The molecule has 1 fully saturated rings. The predicted molar refractivity (Wildman–Crippen MR) is 70.7 cm³/mol. The number of nitrogens with zero attached hydrogens (tertiary/aromatic N) is 1. The van der Waals surface area contributed by atoms with Crippen molar-refractivity contribution in [3.8, 4) is 0 Å². The Bertz CT molecular complexity index is 450. The van der Waals surface area contributed by atoms with E-state index in [1.165, 1.54) is 25.3 Å². The molecular weight excluding hydrogens is 230 g/mol. The summed E-state index contributed by atoms with van der Waals surface area (Å²) in [5.74, 6) is -0.554. The summed E-state index contributed by atoms with van der Waals surface area (Å²) in [5.41, 5.74) is 6.65. The number of hydrogen-bond acceptors (Lipinski definition) is 4. The van der Waals surface area contributed by atoms with Crippen molar-refractivity contribution in [1.29, 1.82) is 0 Å². The van der Waals surface area contributed by atoms with Crippen LogP contribution in [0.1, 0.15) is 43.1 Å². The number of aromatic nitrogens is 1. The van der Waals surface area contributed by atoms with Gasteiger partial charge in [0.2, 0.25) is 0 Å². The lowest BCUT2D eigenvalue weighted by molar-refractivity contribution is 0.0690. The van der Waals surface area contributed by atoms with Gasteiger partial charge >= 0.3 is 5.97 Å². The van der Waals surface area contributed by atoms with Crippen LogP contribution in [0.25, 0.3) is 0 Å². The van der Waals surface area contributed by atoms with Crippen LogP contribution < -0.4 is 11.1 Å². The van der Waals surface area contributed by atoms with Crippen molar-refractivity contribution in [2.24, 2.45) is 5.41 Å². The number of anilines is 2. The number of nitrogens with one attached hydrogen (secondary N) is 1. The van der Waals surface area contributed by atoms with Crippen LogP contribution in [-0.2, 0) is 0 Å². The van der Waals surface area contributed by atoms with E-state index in [9.17, 15) is 4.79 Å². The summed E-state index contributed by atoms with van der Waals surface area (Å²) >= 11 is 0. The van der Waals surface area contributed by atoms with Crippen molar-refractivity contribution in [3.05, 3.63) is 17.8 Å². The van der Waals surface area contributed by atoms with Gasteiger partial charge in [0.05, 0.1) is 5.69 Å². The van der Waals surface area contributed by atoms with Crippen LogP contribution in [0.5, 0.6) is 0 Å². The lowest BCUT2D eigenvalue weighted by Crippen LogP contribution is -2.36. The molecular formula is C13H19N3O2. The van der Waals surface area contributed by atoms with Gasteiger partial charge in [-0.25, -0.2) is 9.78 Å². The monoisotopic (exact) mass is 249 g/mol. The van der Waals surface area contributed by atoms with Gasteiger partial charge in [-0.1, -0.05) is 13.3 Å². The van der Waals surface area contributed by atoms with Gasteiger partial charge in [-0.3, -0.25) is 0 Å². The van der Waals surface area contributed by atoms with E-state index in [4.69, 9.17) is 10.8 Å². The van der Waals surface area contributed by atoms with E-state index < -0.39 is 5.97 Å². The molecule has 0 atom stereocenters. The molecule has 5 heteroatoms. The zero-order valence-electron chi connectivity index (χ0n) is 10.6. The lowest BCUT2D eigenvalue weighted by atomic mass is 9.67. The minimum Gasteiger partial charge on any atom is -0.477 e. The minimum atomic E-state index is -1.04. The zero-order valence-corrected chi connectivity index (χ0v) is 10.6. The highest BCUT2D eigenvalue weighted by Crippen LogP contribution is 2.43. The third-order valence-corrected chi connectivity index (χ3v) is 3.94. The van der Waals surface area contributed by atoms with Gasteiger partial charge in [-0.05, 0) is 36.8 Å². The van der Waals surface area contributed by atoms with E-state index in [0.29, 0.717) is 16.9 Å². The number of carbonyl (C=O) groups is 1. The largest absolute Gasteiger partial charge is 0.477 e. The van der Waals surface area contributed by atoms with Crippen LogP contribution in [0.2, 0.25) is 0 Å². The van der Waals surface area contributed by atoms with Crippen LogP contribution in [0.4, 0.5) is 11.5 Å². The summed E-state index contributed by atoms with van der Waals surface area (Å²) in [7, 11) is 0. The van der Waals surface area contributed by atoms with Crippen LogP contribution in [0.15, 0.2) is 12.1 Å². The van der Waals surface area contributed by atoms with E-state index in [0.717, 1.165) is 13.0 Å². The molecule has 0 aromatic carbocycles. The summed E-state index contributed by atoms with van der Waals surface area (Å²) in [6.45, 7) is 3.00. The maximum Gasteiger partial charge on any atom is 0.354 e. The molecule has 0 bridgehead atoms. The van der Waals surface area contributed by atoms with Crippen LogP contribution in [0.3, 0.4) is 0 Å². The third kappa shape index (κ3) is 2.39. The van der Waals surface area contributed by atoms with Gasteiger partial charge < -0.3 is 16.2 Å². The number of carboxylic acid groups (broad SMARTS) is 1. The number of nitrogens with two attached hydrogens (primary N) is 1. The molecule has 1 aliphatic carbocycles. The third-order valence-electron chi connectivity index (χ3n) is 3.94. The molecule has 5 nitrogen and oxygen atoms in total. The van der Waals surface area contributed by atoms with Gasteiger partial charge in [-0.2, -0.15) is 0 Å². The Balaban J connectivity index is 2.08. The first kappa shape index (κ1) is 12.7. The average molecular weight is 249 g/mol. The summed E-state index contributed by atoms with van der Waals surface area (Å²) in [5, 5.41) is 12.1. The molecule has 1 aliphatic rings. The molecule has 1 aromatic heterocycles. The molecule has 1 heterocycles. The van der Waals surface area contributed by atoms with E-state index in [-0.39, 0.29) is 5.69 Å². The highest BCUT2D eigenvalue weighted by molar-refractivity contribution is 5.86. The maximum atomic E-state index is 10.9. The molecule has 0 aliphatic heterocycles. The first-order valence-electron chi connectivity index (χ1n) is 6.30. The van der Waals surface area contributed by atoms with E-state index >= 15 is 0 Å². The fourth-order valence-corrected chi connectivity index (χ4v) is 2.33. The van der Waals surface area contributed by atoms with E-state index in [2.05, 4.69) is 17.2 Å². The molecule has 0 amide bonds. The smallest absolute Gasteiger partial charge is 0.354 e. The quantitative estimate of drug-likeness (QED) is 0.745. The Morgan fingerprint density at radius 3 is 2.78 bits per heavy atom. The normalized spacial score (nSPS) is 16.9. The molecule has 98 valence electrons. The number of pyridine rings is 1. The highest BCUT2D eigenvalue weighted by atomic mass is 16.4. The standard InChI is InChI=1S/C13H19N3O2/c1-2-13(6-3-7-13)8-15-11-9(14)4-5-10(16-11)12(17)18/h4-5H,2-3,6-8,14H2,1H3,(H,15,16)(H,17,18). The second-order valence-corrected chi connectivity index (χ2v) is 5.00. The molecule has 2 rings (SSSR count). The second-order valence-electron chi connectivity index (χ2n) is 5.00. The van der Waals surface area contributed by atoms with E-state index in [1.54, 1.807) is 6.07 Å². The molecule has 1 saturated carbocycles. The Morgan fingerprint density at radius 1 is 1.56 bits per heavy atom. The highest BCUT2D eigenvalue weighted by Gasteiger charge is 2.34. The Morgan fingerprint density at radius 2 is 2.28 bits per heavy atom. The number of aromatic carboxylic acids is 1. The predicted octanol–water partition coefficient (Wildman–Crippen LogP) is 2.35. The minimum absolute atomic E-state index is 0.0193. The van der Waals surface area contributed by atoms with Gasteiger partial charge in [0, 0.05) is 6.54 Å². The first-order chi connectivity index (χ1) is 8.56. The molecule has 0 radical (unpaired) electrons. The number of carboxylic acids is 1. The van der Waals surface area contributed by atoms with Crippen molar-refractivity contribution in [2.75, 3.05) is 17.6 Å². The zero-order chi connectivity index (χ0) is 13.2. The SMILES string of the molecule is CCC1(CNc2nc(C(=O)O)ccc2N)CCC1. The topological polar surface area (TPSA) is 88.2 Å². The van der Waals surface area contributed by atoms with Crippen LogP contribution >= 0.6 is 0 Å². The molecule has 18 heavy (non-hydrogen) atoms. The summed E-state index contributed by atoms with van der Waals surface area (Å²) in [6, 6.07) is 3.00. The summed E-state index contributed by atoms with van der Waals surface area (Å²) < 4.78 is 0. The molecule has 1 aromatic rings. The van der Waals surface area contributed by atoms with Crippen LogP contribution in [0, 0.1) is 5.41 Å². The lowest BCUT2D eigenvalue weighted by Gasteiger charge is -2.41. The number of nitrogen functional groups attached to an aromatic ring is 1. The fraction of sp³-hybridized carbons (Fsp3) is 0.538. The van der Waals surface area contributed by atoms with Crippen molar-refractivity contribution >= 4 is 17.5 Å². The van der Waals surface area contributed by atoms with E-state index in [1.807, 2.05) is 0 Å². The second kappa shape index (κ2) is 4.84. The van der Waals surface area contributed by atoms with Crippen molar-refractivity contribution in [1.82, 2.24) is 4.98 Å². The summed E-state index contributed by atoms with van der Waals surface area (Å²) in [6.07, 6.45) is 4.83. The molecule has 4 N–H and O–H groups in total. The molecule has 0 spiro atoms. The van der Waals surface area contributed by atoms with Crippen molar-refractivity contribution in [2.45, 2.75) is 32.6 Å². The first-order valence-corrected chi connectivity index (χ1v) is 6.30. The molecule has 0 saturated heterocycles. The van der Waals surface area contributed by atoms with Crippen molar-refractivity contribution in [3.63, 3.8) is 0 Å². The number of rotatable bonds is 5. The van der Waals surface area contributed by atoms with Gasteiger partial charge in [-0.15, -0.1) is 0 Å². The Kier molecular flexibility index (Phi) is 3.41. The number of hydrogen-bond donors (Lipinski definition) is 3.